The number of amides is 1. The van der Waals surface area contributed by atoms with Gasteiger partial charge in [0.1, 0.15) is 0 Å². The maximum Gasteiger partial charge on any atom is 0.271 e. The van der Waals surface area contributed by atoms with Gasteiger partial charge in [-0.2, -0.15) is 5.10 Å². The zero-order chi connectivity index (χ0) is 18.2. The maximum absolute atomic E-state index is 12.1. The van der Waals surface area contributed by atoms with Crippen LogP contribution in [0.5, 0.6) is 0 Å². The molecule has 3 aromatic carbocycles. The van der Waals surface area contributed by atoms with E-state index in [0.717, 1.165) is 11.3 Å². The molecule has 0 unspecified atom stereocenters. The van der Waals surface area contributed by atoms with Gasteiger partial charge in [-0.1, -0.05) is 60.2 Å². The molecular formula is C22H20N2OS. The molecule has 0 spiro atoms. The van der Waals surface area contributed by atoms with Gasteiger partial charge in [-0.3, -0.25) is 4.79 Å². The number of carbonyl (C=O) groups excluding carboxylic acids is 1. The van der Waals surface area contributed by atoms with E-state index in [1.165, 1.54) is 16.0 Å². The van der Waals surface area contributed by atoms with Gasteiger partial charge in [-0.05, 0) is 42.3 Å². The van der Waals surface area contributed by atoms with Crippen molar-refractivity contribution in [3.8, 4) is 0 Å². The number of carbonyl (C=O) groups is 1. The van der Waals surface area contributed by atoms with Gasteiger partial charge < -0.3 is 0 Å². The average Bonchev–Trinajstić information content (AvgIpc) is 2.69. The molecule has 3 rings (SSSR count). The zero-order valence-electron chi connectivity index (χ0n) is 14.6. The van der Waals surface area contributed by atoms with Crippen LogP contribution < -0.4 is 5.43 Å². The molecule has 1 amide bonds. The number of hydrogen-bond acceptors (Lipinski definition) is 3. The van der Waals surface area contributed by atoms with Gasteiger partial charge in [0, 0.05) is 16.2 Å². The normalized spacial score (nSPS) is 10.8. The summed E-state index contributed by atoms with van der Waals surface area (Å²) in [6.45, 7) is 2.03. The zero-order valence-corrected chi connectivity index (χ0v) is 15.4. The summed E-state index contributed by atoms with van der Waals surface area (Å²) in [5, 5.41) is 4.02. The van der Waals surface area contributed by atoms with Crippen molar-refractivity contribution in [1.29, 1.82) is 0 Å². The fourth-order valence-electron chi connectivity index (χ4n) is 2.32. The van der Waals surface area contributed by atoms with Crippen molar-refractivity contribution >= 4 is 23.9 Å². The van der Waals surface area contributed by atoms with E-state index < -0.39 is 0 Å². The third-order valence-electron chi connectivity index (χ3n) is 3.82. The van der Waals surface area contributed by atoms with E-state index in [2.05, 4.69) is 22.7 Å². The molecule has 0 aliphatic carbocycles. The van der Waals surface area contributed by atoms with Gasteiger partial charge in [0.05, 0.1) is 6.21 Å². The number of rotatable bonds is 6. The molecular weight excluding hydrogens is 340 g/mol. The van der Waals surface area contributed by atoms with Crippen LogP contribution in [-0.2, 0) is 5.75 Å². The lowest BCUT2D eigenvalue weighted by atomic mass is 10.1. The van der Waals surface area contributed by atoms with Crippen LogP contribution in [0.25, 0.3) is 0 Å². The highest BCUT2D eigenvalue weighted by Crippen LogP contribution is 2.22. The molecule has 0 aliphatic rings. The molecule has 0 atom stereocenters. The van der Waals surface area contributed by atoms with E-state index in [1.807, 2.05) is 73.7 Å². The van der Waals surface area contributed by atoms with Crippen molar-refractivity contribution in [3.05, 3.63) is 101 Å². The standard InChI is InChI=1S/C22H20N2OS/c1-17-7-9-18(10-8-17)15-23-24-22(25)20-13-11-19(12-14-20)16-26-21-5-3-2-4-6-21/h2-15H,16H2,1H3,(H,24,25)/b23-15-. The van der Waals surface area contributed by atoms with Crippen LogP contribution in [0, 0.1) is 6.92 Å². The minimum Gasteiger partial charge on any atom is -0.267 e. The van der Waals surface area contributed by atoms with Crippen molar-refractivity contribution in [2.24, 2.45) is 5.10 Å². The highest BCUT2D eigenvalue weighted by atomic mass is 32.2. The summed E-state index contributed by atoms with van der Waals surface area (Å²) in [4.78, 5) is 13.4. The van der Waals surface area contributed by atoms with Crippen molar-refractivity contribution in [2.75, 3.05) is 0 Å². The summed E-state index contributed by atoms with van der Waals surface area (Å²) < 4.78 is 0. The molecule has 0 radical (unpaired) electrons. The van der Waals surface area contributed by atoms with E-state index in [1.54, 1.807) is 18.0 Å². The van der Waals surface area contributed by atoms with Crippen molar-refractivity contribution in [3.63, 3.8) is 0 Å². The molecule has 130 valence electrons. The number of nitrogens with one attached hydrogen (secondary N) is 1. The molecule has 4 heteroatoms. The van der Waals surface area contributed by atoms with Crippen molar-refractivity contribution in [1.82, 2.24) is 5.43 Å². The topological polar surface area (TPSA) is 41.5 Å². The van der Waals surface area contributed by atoms with E-state index >= 15 is 0 Å². The Labute approximate surface area is 158 Å². The van der Waals surface area contributed by atoms with Crippen LogP contribution in [0.1, 0.15) is 27.0 Å². The van der Waals surface area contributed by atoms with Crippen LogP contribution >= 0.6 is 11.8 Å². The van der Waals surface area contributed by atoms with Gasteiger partial charge in [-0.25, -0.2) is 5.43 Å². The molecule has 0 aliphatic heterocycles. The lowest BCUT2D eigenvalue weighted by molar-refractivity contribution is 0.0955. The predicted octanol–water partition coefficient (Wildman–Crippen LogP) is 5.05. The Morgan fingerprint density at radius 1 is 0.962 bits per heavy atom. The van der Waals surface area contributed by atoms with Crippen LogP contribution in [0.3, 0.4) is 0 Å². The number of benzene rings is 3. The Balaban J connectivity index is 1.52. The first-order chi connectivity index (χ1) is 12.7. The Kier molecular flexibility index (Phi) is 6.23. The first kappa shape index (κ1) is 18.0. The Morgan fingerprint density at radius 2 is 1.65 bits per heavy atom. The molecule has 0 saturated heterocycles. The lowest BCUT2D eigenvalue weighted by Crippen LogP contribution is -2.17. The molecule has 0 heterocycles. The largest absolute Gasteiger partial charge is 0.271 e. The highest BCUT2D eigenvalue weighted by molar-refractivity contribution is 7.98. The van der Waals surface area contributed by atoms with Gasteiger partial charge >= 0.3 is 0 Å². The Morgan fingerprint density at radius 3 is 2.35 bits per heavy atom. The van der Waals surface area contributed by atoms with Crippen molar-refractivity contribution in [2.45, 2.75) is 17.6 Å². The fourth-order valence-corrected chi connectivity index (χ4v) is 3.19. The molecule has 0 saturated carbocycles. The van der Waals surface area contributed by atoms with Crippen molar-refractivity contribution < 1.29 is 4.79 Å². The Bertz CT molecular complexity index is 872. The second-order valence-corrected chi connectivity index (χ2v) is 6.96. The predicted molar refractivity (Wildman–Crippen MR) is 109 cm³/mol. The van der Waals surface area contributed by atoms with Crippen LogP contribution in [0.4, 0.5) is 0 Å². The molecule has 0 fully saturated rings. The third kappa shape index (κ3) is 5.33. The van der Waals surface area contributed by atoms with Crippen LogP contribution in [0.15, 0.2) is 88.9 Å². The minimum absolute atomic E-state index is 0.212. The maximum atomic E-state index is 12.1. The summed E-state index contributed by atoms with van der Waals surface area (Å²) in [6.07, 6.45) is 1.64. The van der Waals surface area contributed by atoms with Gasteiger partial charge in [0.2, 0.25) is 0 Å². The van der Waals surface area contributed by atoms with Crippen LogP contribution in [0.2, 0.25) is 0 Å². The number of thioether (sulfide) groups is 1. The lowest BCUT2D eigenvalue weighted by Gasteiger charge is -2.04. The second kappa shape index (κ2) is 9.02. The average molecular weight is 360 g/mol. The van der Waals surface area contributed by atoms with E-state index in [9.17, 15) is 4.79 Å². The third-order valence-corrected chi connectivity index (χ3v) is 4.91. The summed E-state index contributed by atoms with van der Waals surface area (Å²) >= 11 is 1.78. The van der Waals surface area contributed by atoms with Crippen LogP contribution in [-0.4, -0.2) is 12.1 Å². The summed E-state index contributed by atoms with van der Waals surface area (Å²) in [5.41, 5.74) is 6.48. The van der Waals surface area contributed by atoms with Gasteiger partial charge in [-0.15, -0.1) is 11.8 Å². The van der Waals surface area contributed by atoms with Gasteiger partial charge in [0.25, 0.3) is 5.91 Å². The first-order valence-electron chi connectivity index (χ1n) is 8.37. The molecule has 0 bridgehead atoms. The second-order valence-electron chi connectivity index (χ2n) is 5.91. The smallest absolute Gasteiger partial charge is 0.267 e. The van der Waals surface area contributed by atoms with Gasteiger partial charge in [0.15, 0.2) is 0 Å². The molecule has 0 aromatic heterocycles. The summed E-state index contributed by atoms with van der Waals surface area (Å²) in [5.74, 6) is 0.660. The fraction of sp³-hybridized carbons (Fsp3) is 0.0909. The summed E-state index contributed by atoms with van der Waals surface area (Å²) in [6, 6.07) is 25.8. The number of hydrazone groups is 1. The highest BCUT2D eigenvalue weighted by Gasteiger charge is 2.04. The number of hydrogen-bond donors (Lipinski definition) is 1. The van der Waals surface area contributed by atoms with E-state index in [-0.39, 0.29) is 5.91 Å². The quantitative estimate of drug-likeness (QED) is 0.380. The Hall–Kier alpha value is -2.85. The minimum atomic E-state index is -0.212. The van der Waals surface area contributed by atoms with E-state index in [0.29, 0.717) is 5.56 Å². The molecule has 3 aromatic rings. The summed E-state index contributed by atoms with van der Waals surface area (Å²) in [7, 11) is 0. The SMILES string of the molecule is Cc1ccc(/C=N\NC(=O)c2ccc(CSc3ccccc3)cc2)cc1. The number of aryl methyl sites for hydroxylation is 1. The monoisotopic (exact) mass is 360 g/mol. The molecule has 1 N–H and O–H groups in total. The van der Waals surface area contributed by atoms with E-state index in [4.69, 9.17) is 0 Å². The first-order valence-corrected chi connectivity index (χ1v) is 9.36. The molecule has 26 heavy (non-hydrogen) atoms. The number of nitrogens with zero attached hydrogens (tertiary/aromatic N) is 1. The molecule has 3 nitrogen and oxygen atoms in total.